The lowest BCUT2D eigenvalue weighted by atomic mass is 10.1. The highest BCUT2D eigenvalue weighted by Gasteiger charge is 2.14. The molecule has 1 amide bonds. The summed E-state index contributed by atoms with van der Waals surface area (Å²) >= 11 is 2.21. The third-order valence-corrected chi connectivity index (χ3v) is 3.45. The maximum atomic E-state index is 11.9. The molecule has 0 atom stereocenters. The molecule has 82 valence electrons. The molecule has 0 fully saturated rings. The molecule has 0 aliphatic carbocycles. The van der Waals surface area contributed by atoms with E-state index in [-0.39, 0.29) is 12.5 Å². The number of amides is 1. The predicted molar refractivity (Wildman–Crippen MR) is 67.9 cm³/mol. The highest BCUT2D eigenvalue weighted by atomic mass is 127. The Bertz CT molecular complexity index is 366. The van der Waals surface area contributed by atoms with E-state index in [4.69, 9.17) is 5.11 Å². The fraction of sp³-hybridized carbons (Fsp3) is 0.364. The molecular formula is C11H14INO2. The number of hydrogen-bond acceptors (Lipinski definition) is 2. The van der Waals surface area contributed by atoms with Crippen LogP contribution in [0.3, 0.4) is 0 Å². The molecule has 0 unspecified atom stereocenters. The third-order valence-electron chi connectivity index (χ3n) is 2.28. The summed E-state index contributed by atoms with van der Waals surface area (Å²) in [6, 6.07) is 5.65. The van der Waals surface area contributed by atoms with Crippen LogP contribution in [-0.2, 0) is 0 Å². The molecule has 0 saturated heterocycles. The molecule has 0 bridgehead atoms. The molecule has 1 aromatic rings. The first-order valence-corrected chi connectivity index (χ1v) is 5.77. The molecule has 0 saturated carbocycles. The van der Waals surface area contributed by atoms with Crippen LogP contribution in [0.2, 0.25) is 0 Å². The number of aliphatic hydroxyl groups is 1. The summed E-state index contributed by atoms with van der Waals surface area (Å²) in [5, 5.41) is 8.76. The van der Waals surface area contributed by atoms with Crippen LogP contribution in [0.5, 0.6) is 0 Å². The van der Waals surface area contributed by atoms with Crippen LogP contribution in [0, 0.1) is 10.5 Å². The Morgan fingerprint density at radius 2 is 2.20 bits per heavy atom. The van der Waals surface area contributed by atoms with Crippen LogP contribution in [0.15, 0.2) is 18.2 Å². The van der Waals surface area contributed by atoms with Crippen molar-refractivity contribution in [3.8, 4) is 0 Å². The molecule has 15 heavy (non-hydrogen) atoms. The van der Waals surface area contributed by atoms with E-state index >= 15 is 0 Å². The second-order valence-electron chi connectivity index (χ2n) is 3.36. The van der Waals surface area contributed by atoms with Gasteiger partial charge in [-0.2, -0.15) is 0 Å². The lowest BCUT2D eigenvalue weighted by Crippen LogP contribution is -2.30. The monoisotopic (exact) mass is 319 g/mol. The van der Waals surface area contributed by atoms with Crippen LogP contribution >= 0.6 is 22.6 Å². The lowest BCUT2D eigenvalue weighted by Gasteiger charge is -2.17. The van der Waals surface area contributed by atoms with Gasteiger partial charge in [-0.25, -0.2) is 0 Å². The van der Waals surface area contributed by atoms with Crippen LogP contribution < -0.4 is 0 Å². The van der Waals surface area contributed by atoms with E-state index in [1.807, 2.05) is 25.1 Å². The minimum Gasteiger partial charge on any atom is -0.395 e. The first-order valence-electron chi connectivity index (χ1n) is 4.69. The van der Waals surface area contributed by atoms with Crippen molar-refractivity contribution in [2.45, 2.75) is 6.92 Å². The molecule has 3 nitrogen and oxygen atoms in total. The van der Waals surface area contributed by atoms with Crippen molar-refractivity contribution < 1.29 is 9.90 Å². The molecule has 4 heteroatoms. The maximum Gasteiger partial charge on any atom is 0.253 e. The van der Waals surface area contributed by atoms with Crippen molar-refractivity contribution in [3.05, 3.63) is 32.9 Å². The zero-order valence-corrected chi connectivity index (χ0v) is 11.0. The number of rotatable bonds is 3. The van der Waals surface area contributed by atoms with Gasteiger partial charge in [-0.1, -0.05) is 6.07 Å². The molecular weight excluding hydrogens is 305 g/mol. The van der Waals surface area contributed by atoms with Gasteiger partial charge < -0.3 is 10.0 Å². The van der Waals surface area contributed by atoms with Crippen LogP contribution in [0.25, 0.3) is 0 Å². The minimum atomic E-state index is -0.0416. The Kier molecular flexibility index (Phi) is 4.53. The van der Waals surface area contributed by atoms with Gasteiger partial charge in [0.15, 0.2) is 0 Å². The first kappa shape index (κ1) is 12.4. The number of hydrogen-bond donors (Lipinski definition) is 1. The molecule has 0 aliphatic heterocycles. The van der Waals surface area contributed by atoms with Crippen molar-refractivity contribution in [1.29, 1.82) is 0 Å². The number of benzene rings is 1. The fourth-order valence-corrected chi connectivity index (χ4v) is 1.79. The molecule has 0 radical (unpaired) electrons. The SMILES string of the molecule is Cc1c(I)cccc1C(=O)N(C)CCO. The smallest absolute Gasteiger partial charge is 0.253 e. The van der Waals surface area contributed by atoms with Gasteiger partial charge >= 0.3 is 0 Å². The van der Waals surface area contributed by atoms with Crippen molar-refractivity contribution in [2.75, 3.05) is 20.2 Å². The van der Waals surface area contributed by atoms with Crippen molar-refractivity contribution in [1.82, 2.24) is 4.90 Å². The molecule has 1 N–H and O–H groups in total. The van der Waals surface area contributed by atoms with Crippen molar-refractivity contribution >= 4 is 28.5 Å². The Morgan fingerprint density at radius 1 is 1.53 bits per heavy atom. The minimum absolute atomic E-state index is 0.00872. The second-order valence-corrected chi connectivity index (χ2v) is 4.52. The van der Waals surface area contributed by atoms with E-state index in [0.29, 0.717) is 12.1 Å². The number of halogens is 1. The standard InChI is InChI=1S/C11H14INO2/c1-8-9(4-3-5-10(8)12)11(15)13(2)6-7-14/h3-5,14H,6-7H2,1-2H3. The third kappa shape index (κ3) is 2.92. The van der Waals surface area contributed by atoms with E-state index < -0.39 is 0 Å². The van der Waals surface area contributed by atoms with E-state index in [0.717, 1.165) is 9.13 Å². The highest BCUT2D eigenvalue weighted by Crippen LogP contribution is 2.16. The molecule has 0 aliphatic rings. The number of carbonyl (C=O) groups excluding carboxylic acids is 1. The molecule has 0 heterocycles. The van der Waals surface area contributed by atoms with Gasteiger partial charge in [0, 0.05) is 22.7 Å². The zero-order chi connectivity index (χ0) is 11.4. The Balaban J connectivity index is 2.96. The number of likely N-dealkylation sites (N-methyl/N-ethyl adjacent to an activating group) is 1. The van der Waals surface area contributed by atoms with Gasteiger partial charge in [0.2, 0.25) is 0 Å². The predicted octanol–water partition coefficient (Wildman–Crippen LogP) is 1.66. The Morgan fingerprint density at radius 3 is 2.80 bits per heavy atom. The van der Waals surface area contributed by atoms with Crippen molar-refractivity contribution in [2.24, 2.45) is 0 Å². The zero-order valence-electron chi connectivity index (χ0n) is 8.83. The molecule has 0 aromatic heterocycles. The average molecular weight is 319 g/mol. The number of carbonyl (C=O) groups is 1. The first-order chi connectivity index (χ1) is 7.07. The number of nitrogens with zero attached hydrogens (tertiary/aromatic N) is 1. The van der Waals surface area contributed by atoms with Crippen LogP contribution in [0.4, 0.5) is 0 Å². The second kappa shape index (κ2) is 5.46. The van der Waals surface area contributed by atoms with Gasteiger partial charge in [-0.3, -0.25) is 4.79 Å². The Labute approximate surface area is 103 Å². The lowest BCUT2D eigenvalue weighted by molar-refractivity contribution is 0.0766. The summed E-state index contributed by atoms with van der Waals surface area (Å²) in [7, 11) is 1.69. The summed E-state index contributed by atoms with van der Waals surface area (Å²) in [4.78, 5) is 13.4. The summed E-state index contributed by atoms with van der Waals surface area (Å²) in [6.45, 7) is 2.29. The fourth-order valence-electron chi connectivity index (χ4n) is 1.30. The largest absolute Gasteiger partial charge is 0.395 e. The maximum absolute atomic E-state index is 11.9. The molecule has 1 rings (SSSR count). The molecule has 0 spiro atoms. The van der Waals surface area contributed by atoms with E-state index in [1.165, 1.54) is 4.90 Å². The quantitative estimate of drug-likeness (QED) is 0.861. The van der Waals surface area contributed by atoms with Gasteiger partial charge in [-0.05, 0) is 47.2 Å². The van der Waals surface area contributed by atoms with Crippen LogP contribution in [0.1, 0.15) is 15.9 Å². The van der Waals surface area contributed by atoms with Gasteiger partial charge in [0.25, 0.3) is 5.91 Å². The van der Waals surface area contributed by atoms with Crippen molar-refractivity contribution in [3.63, 3.8) is 0 Å². The van der Waals surface area contributed by atoms with E-state index in [9.17, 15) is 4.79 Å². The van der Waals surface area contributed by atoms with Gasteiger partial charge in [0.1, 0.15) is 0 Å². The molecule has 1 aromatic carbocycles. The van der Waals surface area contributed by atoms with E-state index in [1.54, 1.807) is 7.05 Å². The Hall–Kier alpha value is -0.620. The normalized spacial score (nSPS) is 10.1. The average Bonchev–Trinajstić information content (AvgIpc) is 2.21. The summed E-state index contributed by atoms with van der Waals surface area (Å²) < 4.78 is 1.08. The summed E-state index contributed by atoms with van der Waals surface area (Å²) in [6.07, 6.45) is 0. The summed E-state index contributed by atoms with van der Waals surface area (Å²) in [5.74, 6) is -0.0416. The van der Waals surface area contributed by atoms with Gasteiger partial charge in [-0.15, -0.1) is 0 Å². The summed E-state index contributed by atoms with van der Waals surface area (Å²) in [5.41, 5.74) is 1.70. The van der Waals surface area contributed by atoms with Gasteiger partial charge in [0.05, 0.1) is 6.61 Å². The topological polar surface area (TPSA) is 40.5 Å². The van der Waals surface area contributed by atoms with Crippen LogP contribution in [-0.4, -0.2) is 36.1 Å². The number of aliphatic hydroxyl groups excluding tert-OH is 1. The van der Waals surface area contributed by atoms with E-state index in [2.05, 4.69) is 22.6 Å². The highest BCUT2D eigenvalue weighted by molar-refractivity contribution is 14.1.